The molecule has 0 bridgehead atoms. The zero-order valence-electron chi connectivity index (χ0n) is 16.0. The summed E-state index contributed by atoms with van der Waals surface area (Å²) in [5.41, 5.74) is 2.30. The Labute approximate surface area is 169 Å². The van der Waals surface area contributed by atoms with Gasteiger partial charge in [-0.25, -0.2) is 0 Å². The van der Waals surface area contributed by atoms with Gasteiger partial charge in [0.05, 0.1) is 16.7 Å². The topological polar surface area (TPSA) is 67.4 Å². The lowest BCUT2D eigenvalue weighted by Gasteiger charge is -2.18. The van der Waals surface area contributed by atoms with Gasteiger partial charge >= 0.3 is 0 Å². The van der Waals surface area contributed by atoms with Crippen LogP contribution in [0, 0.1) is 0 Å². The summed E-state index contributed by atoms with van der Waals surface area (Å²) in [6.45, 7) is 5.19. The maximum absolute atomic E-state index is 12.3. The molecule has 5 nitrogen and oxygen atoms in total. The number of hydrogen-bond acceptors (Lipinski definition) is 4. The summed E-state index contributed by atoms with van der Waals surface area (Å²) in [6, 6.07) is 14.9. The molecule has 0 atom stereocenters. The number of nitrogens with one attached hydrogen (secondary N) is 2. The summed E-state index contributed by atoms with van der Waals surface area (Å²) >= 11 is 1.45. The SMILES string of the molecule is CC(C)OCCCNC(=O)c1ccc(/C=C2/Sc3ccccc3NC2=O)cc1. The fourth-order valence-corrected chi connectivity index (χ4v) is 3.63. The second-order valence-corrected chi connectivity index (χ2v) is 7.80. The summed E-state index contributed by atoms with van der Waals surface area (Å²) in [7, 11) is 0. The van der Waals surface area contributed by atoms with E-state index in [1.54, 1.807) is 12.1 Å². The van der Waals surface area contributed by atoms with Gasteiger partial charge in [0.15, 0.2) is 0 Å². The summed E-state index contributed by atoms with van der Waals surface area (Å²) in [4.78, 5) is 26.1. The zero-order chi connectivity index (χ0) is 19.9. The molecule has 0 unspecified atom stereocenters. The predicted octanol–water partition coefficient (Wildman–Crippen LogP) is 4.32. The van der Waals surface area contributed by atoms with Gasteiger partial charge < -0.3 is 15.4 Å². The summed E-state index contributed by atoms with van der Waals surface area (Å²) < 4.78 is 5.46. The highest BCUT2D eigenvalue weighted by molar-refractivity contribution is 8.04. The quantitative estimate of drug-likeness (QED) is 0.540. The Kier molecular flexibility index (Phi) is 6.90. The molecule has 2 N–H and O–H groups in total. The number of rotatable bonds is 7. The highest BCUT2D eigenvalue weighted by Crippen LogP contribution is 2.38. The lowest BCUT2D eigenvalue weighted by atomic mass is 10.1. The smallest absolute Gasteiger partial charge is 0.262 e. The van der Waals surface area contributed by atoms with Crippen molar-refractivity contribution in [3.8, 4) is 0 Å². The van der Waals surface area contributed by atoms with Gasteiger partial charge in [0.1, 0.15) is 0 Å². The Hall–Kier alpha value is -2.57. The molecule has 1 heterocycles. The summed E-state index contributed by atoms with van der Waals surface area (Å²) in [5, 5.41) is 5.79. The third kappa shape index (κ3) is 5.47. The van der Waals surface area contributed by atoms with E-state index in [9.17, 15) is 9.59 Å². The van der Waals surface area contributed by atoms with Gasteiger partial charge in [0.2, 0.25) is 0 Å². The molecule has 2 aromatic carbocycles. The monoisotopic (exact) mass is 396 g/mol. The third-order valence-corrected chi connectivity index (χ3v) is 5.21. The number of ether oxygens (including phenoxy) is 1. The van der Waals surface area contributed by atoms with Crippen LogP contribution in [0.4, 0.5) is 5.69 Å². The molecule has 146 valence electrons. The Morgan fingerprint density at radius 2 is 1.93 bits per heavy atom. The Morgan fingerprint density at radius 1 is 1.18 bits per heavy atom. The molecular weight excluding hydrogens is 372 g/mol. The number of thioether (sulfide) groups is 1. The Morgan fingerprint density at radius 3 is 2.68 bits per heavy atom. The number of carbonyl (C=O) groups excluding carboxylic acids is 2. The van der Waals surface area contributed by atoms with E-state index in [0.29, 0.717) is 23.6 Å². The molecule has 6 heteroatoms. The molecular formula is C22H24N2O3S. The second-order valence-electron chi connectivity index (χ2n) is 6.71. The molecule has 2 aromatic rings. The van der Waals surface area contributed by atoms with Crippen molar-refractivity contribution in [3.63, 3.8) is 0 Å². The molecule has 3 rings (SSSR count). The minimum atomic E-state index is -0.117. The number of carbonyl (C=O) groups is 2. The van der Waals surface area contributed by atoms with Crippen molar-refractivity contribution in [1.82, 2.24) is 5.32 Å². The van der Waals surface area contributed by atoms with Gasteiger partial charge in [-0.2, -0.15) is 0 Å². The van der Waals surface area contributed by atoms with Crippen LogP contribution < -0.4 is 10.6 Å². The van der Waals surface area contributed by atoms with Crippen molar-refractivity contribution in [2.24, 2.45) is 0 Å². The fraction of sp³-hybridized carbons (Fsp3) is 0.273. The zero-order valence-corrected chi connectivity index (χ0v) is 16.8. The highest BCUT2D eigenvalue weighted by Gasteiger charge is 2.20. The van der Waals surface area contributed by atoms with Crippen molar-refractivity contribution >= 4 is 35.3 Å². The maximum Gasteiger partial charge on any atom is 0.262 e. The van der Waals surface area contributed by atoms with Crippen LogP contribution in [-0.2, 0) is 9.53 Å². The van der Waals surface area contributed by atoms with E-state index in [1.165, 1.54) is 11.8 Å². The number of hydrogen-bond donors (Lipinski definition) is 2. The first-order valence-electron chi connectivity index (χ1n) is 9.33. The van der Waals surface area contributed by atoms with Gasteiger partial charge in [-0.15, -0.1) is 0 Å². The van der Waals surface area contributed by atoms with Crippen molar-refractivity contribution in [2.75, 3.05) is 18.5 Å². The van der Waals surface area contributed by atoms with Crippen LogP contribution in [0.25, 0.3) is 6.08 Å². The van der Waals surface area contributed by atoms with Gasteiger partial charge in [0.25, 0.3) is 11.8 Å². The molecule has 0 fully saturated rings. The van der Waals surface area contributed by atoms with E-state index >= 15 is 0 Å². The van der Waals surface area contributed by atoms with Crippen molar-refractivity contribution in [1.29, 1.82) is 0 Å². The summed E-state index contributed by atoms with van der Waals surface area (Å²) in [5.74, 6) is -0.225. The van der Waals surface area contributed by atoms with E-state index in [2.05, 4.69) is 10.6 Å². The van der Waals surface area contributed by atoms with Crippen molar-refractivity contribution in [3.05, 3.63) is 64.6 Å². The number of fused-ring (bicyclic) bond motifs is 1. The normalized spacial score (nSPS) is 14.7. The molecule has 0 radical (unpaired) electrons. The second kappa shape index (κ2) is 9.57. The largest absolute Gasteiger partial charge is 0.379 e. The molecule has 1 aliphatic rings. The number of benzene rings is 2. The summed E-state index contributed by atoms with van der Waals surface area (Å²) in [6.07, 6.45) is 2.82. The molecule has 28 heavy (non-hydrogen) atoms. The third-order valence-electron chi connectivity index (χ3n) is 4.11. The van der Waals surface area contributed by atoms with Crippen molar-refractivity contribution in [2.45, 2.75) is 31.3 Å². The molecule has 0 aromatic heterocycles. The molecule has 0 saturated carbocycles. The standard InChI is InChI=1S/C22H24N2O3S/c1-15(2)27-13-5-12-23-21(25)17-10-8-16(9-11-17)14-20-22(26)24-18-6-3-4-7-19(18)28-20/h3-4,6-11,14-15H,5,12-13H2,1-2H3,(H,23,25)(H,24,26)/b20-14+. The van der Waals surface area contributed by atoms with Crippen LogP contribution in [-0.4, -0.2) is 31.1 Å². The molecule has 0 saturated heterocycles. The van der Waals surface area contributed by atoms with E-state index in [4.69, 9.17) is 4.74 Å². The molecule has 0 spiro atoms. The first-order valence-corrected chi connectivity index (χ1v) is 10.1. The highest BCUT2D eigenvalue weighted by atomic mass is 32.2. The number of amides is 2. The Balaban J connectivity index is 1.58. The maximum atomic E-state index is 12.3. The van der Waals surface area contributed by atoms with Crippen LogP contribution in [0.1, 0.15) is 36.2 Å². The fourth-order valence-electron chi connectivity index (χ4n) is 2.68. The molecule has 2 amide bonds. The first kappa shape index (κ1) is 20.2. The van der Waals surface area contributed by atoms with E-state index in [0.717, 1.165) is 22.6 Å². The first-order chi connectivity index (χ1) is 13.5. The lowest BCUT2D eigenvalue weighted by Crippen LogP contribution is -2.25. The average Bonchev–Trinajstić information content (AvgIpc) is 2.68. The van der Waals surface area contributed by atoms with Crippen LogP contribution in [0.15, 0.2) is 58.3 Å². The van der Waals surface area contributed by atoms with E-state index in [-0.39, 0.29) is 17.9 Å². The van der Waals surface area contributed by atoms with E-state index in [1.807, 2.05) is 56.3 Å². The van der Waals surface area contributed by atoms with Crippen LogP contribution in [0.5, 0.6) is 0 Å². The lowest BCUT2D eigenvalue weighted by molar-refractivity contribution is -0.112. The van der Waals surface area contributed by atoms with Crippen molar-refractivity contribution < 1.29 is 14.3 Å². The van der Waals surface area contributed by atoms with Crippen LogP contribution in [0.2, 0.25) is 0 Å². The minimum Gasteiger partial charge on any atom is -0.379 e. The molecule has 1 aliphatic heterocycles. The van der Waals surface area contributed by atoms with Gasteiger partial charge in [0, 0.05) is 23.6 Å². The predicted molar refractivity (Wildman–Crippen MR) is 113 cm³/mol. The minimum absolute atomic E-state index is 0.109. The van der Waals surface area contributed by atoms with Crippen LogP contribution >= 0.6 is 11.8 Å². The van der Waals surface area contributed by atoms with Gasteiger partial charge in [-0.1, -0.05) is 36.0 Å². The van der Waals surface area contributed by atoms with E-state index < -0.39 is 0 Å². The number of para-hydroxylation sites is 1. The number of anilines is 1. The van der Waals surface area contributed by atoms with Gasteiger partial charge in [-0.3, -0.25) is 9.59 Å². The van der Waals surface area contributed by atoms with Gasteiger partial charge in [-0.05, 0) is 56.2 Å². The molecule has 0 aliphatic carbocycles. The van der Waals surface area contributed by atoms with Crippen LogP contribution in [0.3, 0.4) is 0 Å². The average molecular weight is 397 g/mol. The Bertz CT molecular complexity index is 876.